The fraction of sp³-hybridized carbons (Fsp3) is 0.0588. The van der Waals surface area contributed by atoms with Crippen LogP contribution in [0.1, 0.15) is 5.56 Å². The number of carbonyl (C=O) groups excluding carboxylic acids is 1. The van der Waals surface area contributed by atoms with Gasteiger partial charge in [-0.3, -0.25) is 14.9 Å². The highest BCUT2D eigenvalue weighted by Gasteiger charge is 2.24. The molecule has 1 fully saturated rings. The van der Waals surface area contributed by atoms with Crippen LogP contribution in [0.2, 0.25) is 0 Å². The van der Waals surface area contributed by atoms with Crippen molar-refractivity contribution in [2.75, 3.05) is 7.11 Å². The first-order valence-corrected chi connectivity index (χ1v) is 9.98. The van der Waals surface area contributed by atoms with E-state index < -0.39 is 4.92 Å². The molecule has 28 heavy (non-hydrogen) atoms. The third-order valence-electron chi connectivity index (χ3n) is 3.58. The number of nitro benzene ring substituents is 1. The number of halogens is 2. The summed E-state index contributed by atoms with van der Waals surface area (Å²) in [5.74, 6) is -0.0864. The lowest BCUT2D eigenvalue weighted by atomic mass is 10.2. The molecular weight excluding hydrogens is 518 g/mol. The Morgan fingerprint density at radius 3 is 2.68 bits per heavy atom. The second kappa shape index (κ2) is 8.33. The Kier molecular flexibility index (Phi) is 6.06. The van der Waals surface area contributed by atoms with Crippen LogP contribution in [0.15, 0.2) is 49.2 Å². The van der Waals surface area contributed by atoms with Crippen molar-refractivity contribution < 1.29 is 19.6 Å². The van der Waals surface area contributed by atoms with Crippen LogP contribution in [-0.2, 0) is 4.79 Å². The molecular formula is C17H11Br2N3O5S. The summed E-state index contributed by atoms with van der Waals surface area (Å²) >= 11 is 7.61. The highest BCUT2D eigenvalue weighted by Crippen LogP contribution is 2.37. The van der Waals surface area contributed by atoms with Crippen LogP contribution in [-0.4, -0.2) is 28.2 Å². The number of hydrogen-bond acceptors (Lipinski definition) is 7. The number of thioether (sulfide) groups is 1. The molecule has 8 nitrogen and oxygen atoms in total. The smallest absolute Gasteiger partial charge is 0.270 e. The van der Waals surface area contributed by atoms with Gasteiger partial charge in [-0.05, 0) is 73.5 Å². The van der Waals surface area contributed by atoms with E-state index in [2.05, 4.69) is 42.2 Å². The Morgan fingerprint density at radius 2 is 2.04 bits per heavy atom. The van der Waals surface area contributed by atoms with E-state index in [1.54, 1.807) is 18.2 Å². The average Bonchev–Trinajstić information content (AvgIpc) is 2.98. The first-order valence-electron chi connectivity index (χ1n) is 7.58. The number of benzene rings is 2. The monoisotopic (exact) mass is 527 g/mol. The molecule has 11 heteroatoms. The second-order valence-corrected chi connectivity index (χ2v) is 8.17. The lowest BCUT2D eigenvalue weighted by Crippen LogP contribution is -2.19. The summed E-state index contributed by atoms with van der Waals surface area (Å²) in [7, 11) is 1.43. The predicted molar refractivity (Wildman–Crippen MR) is 114 cm³/mol. The minimum atomic E-state index is -0.501. The number of non-ortho nitro benzene ring substituents is 1. The molecule has 1 heterocycles. The van der Waals surface area contributed by atoms with Crippen molar-refractivity contribution in [3.8, 4) is 11.5 Å². The molecule has 2 aromatic carbocycles. The van der Waals surface area contributed by atoms with Crippen molar-refractivity contribution in [3.05, 3.63) is 59.9 Å². The number of phenols is 1. The van der Waals surface area contributed by atoms with Gasteiger partial charge in [-0.15, -0.1) is 0 Å². The van der Waals surface area contributed by atoms with Gasteiger partial charge >= 0.3 is 0 Å². The summed E-state index contributed by atoms with van der Waals surface area (Å²) in [6.45, 7) is 0. The first kappa shape index (κ1) is 20.4. The van der Waals surface area contributed by atoms with Gasteiger partial charge in [0.05, 0.1) is 31.6 Å². The van der Waals surface area contributed by atoms with Crippen LogP contribution in [0.25, 0.3) is 6.08 Å². The zero-order valence-corrected chi connectivity index (χ0v) is 18.1. The van der Waals surface area contributed by atoms with Crippen LogP contribution in [0.5, 0.6) is 11.5 Å². The van der Waals surface area contributed by atoms with Crippen LogP contribution < -0.4 is 10.1 Å². The molecule has 144 valence electrons. The molecule has 0 unspecified atom stereocenters. The Morgan fingerprint density at radius 1 is 1.29 bits per heavy atom. The molecule has 1 amide bonds. The summed E-state index contributed by atoms with van der Waals surface area (Å²) in [6.07, 6.45) is 1.64. The number of nitrogens with one attached hydrogen (secondary N) is 1. The number of nitrogens with zero attached hydrogens (tertiary/aromatic N) is 2. The summed E-state index contributed by atoms with van der Waals surface area (Å²) in [5.41, 5.74) is 1.03. The van der Waals surface area contributed by atoms with Crippen LogP contribution in [0.4, 0.5) is 11.4 Å². The van der Waals surface area contributed by atoms with Gasteiger partial charge in [0.1, 0.15) is 0 Å². The van der Waals surface area contributed by atoms with Crippen LogP contribution in [0, 0.1) is 10.1 Å². The van der Waals surface area contributed by atoms with E-state index in [0.717, 1.165) is 11.8 Å². The van der Waals surface area contributed by atoms with Crippen molar-refractivity contribution in [1.29, 1.82) is 0 Å². The van der Waals surface area contributed by atoms with E-state index in [0.29, 0.717) is 30.3 Å². The number of aromatic hydroxyl groups is 1. The van der Waals surface area contributed by atoms with E-state index in [1.807, 2.05) is 0 Å². The number of phenolic OH excluding ortho intramolecular Hbond substituents is 1. The number of nitro groups is 1. The van der Waals surface area contributed by atoms with Gasteiger partial charge < -0.3 is 15.2 Å². The largest absolute Gasteiger partial charge is 0.503 e. The highest BCUT2D eigenvalue weighted by atomic mass is 79.9. The molecule has 1 saturated heterocycles. The third-order valence-corrected chi connectivity index (χ3v) is 5.73. The third kappa shape index (κ3) is 4.37. The van der Waals surface area contributed by atoms with Gasteiger partial charge in [0, 0.05) is 12.1 Å². The Balaban J connectivity index is 1.88. The minimum absolute atomic E-state index is 0.0292. The number of amidine groups is 1. The molecule has 0 radical (unpaired) electrons. The van der Waals surface area contributed by atoms with E-state index in [4.69, 9.17) is 4.74 Å². The molecule has 2 aromatic rings. The zero-order valence-electron chi connectivity index (χ0n) is 14.1. The maximum Gasteiger partial charge on any atom is 0.270 e. The maximum absolute atomic E-state index is 12.2. The summed E-state index contributed by atoms with van der Waals surface area (Å²) in [5, 5.41) is 23.7. The molecule has 0 aliphatic carbocycles. The number of methoxy groups -OCH3 is 1. The van der Waals surface area contributed by atoms with Crippen LogP contribution >= 0.6 is 43.6 Å². The highest BCUT2D eigenvalue weighted by molar-refractivity contribution is 9.11. The fourth-order valence-electron chi connectivity index (χ4n) is 2.27. The summed E-state index contributed by atoms with van der Waals surface area (Å²) in [4.78, 5) is 27.3. The standard InChI is InChI=1S/C17H11Br2N3O5S/c1-27-13-5-8(4-11(19)15(13)23)6-14-16(24)21-17(28-14)20-12-3-2-9(22(25)26)7-10(12)18/h2-7,23H,1H3,(H,20,21,24)/b14-6+. The number of rotatable bonds is 4. The molecule has 0 bridgehead atoms. The Hall–Kier alpha value is -2.37. The second-order valence-electron chi connectivity index (χ2n) is 5.43. The van der Waals surface area contributed by atoms with Gasteiger partial charge in [-0.1, -0.05) is 0 Å². The minimum Gasteiger partial charge on any atom is -0.503 e. The van der Waals surface area contributed by atoms with Gasteiger partial charge in [0.15, 0.2) is 16.7 Å². The molecule has 0 atom stereocenters. The topological polar surface area (TPSA) is 114 Å². The number of amides is 1. The quantitative estimate of drug-likeness (QED) is 0.337. The van der Waals surface area contributed by atoms with E-state index in [1.165, 1.54) is 25.3 Å². The lowest BCUT2D eigenvalue weighted by Gasteiger charge is -2.06. The first-order chi connectivity index (χ1) is 13.3. The van der Waals surface area contributed by atoms with Crippen LogP contribution in [0.3, 0.4) is 0 Å². The van der Waals surface area contributed by atoms with Gasteiger partial charge in [-0.25, -0.2) is 4.99 Å². The number of aliphatic imine (C=N–C) groups is 1. The summed E-state index contributed by atoms with van der Waals surface area (Å²) in [6, 6.07) is 7.43. The Bertz CT molecular complexity index is 1060. The number of hydrogen-bond donors (Lipinski definition) is 2. The van der Waals surface area contributed by atoms with E-state index in [-0.39, 0.29) is 23.1 Å². The number of ether oxygens (including phenoxy) is 1. The zero-order chi connectivity index (χ0) is 20.4. The van der Waals surface area contributed by atoms with E-state index in [9.17, 15) is 20.0 Å². The van der Waals surface area contributed by atoms with Crippen molar-refractivity contribution in [2.45, 2.75) is 0 Å². The molecule has 3 rings (SSSR count). The molecule has 1 aliphatic rings. The maximum atomic E-state index is 12.2. The predicted octanol–water partition coefficient (Wildman–Crippen LogP) is 4.73. The molecule has 0 aromatic heterocycles. The normalized spacial score (nSPS) is 16.5. The molecule has 2 N–H and O–H groups in total. The number of carbonyl (C=O) groups is 1. The lowest BCUT2D eigenvalue weighted by molar-refractivity contribution is -0.384. The summed E-state index contributed by atoms with van der Waals surface area (Å²) < 4.78 is 5.98. The molecule has 0 spiro atoms. The average molecular weight is 529 g/mol. The van der Waals surface area contributed by atoms with Crippen molar-refractivity contribution >= 4 is 72.1 Å². The van der Waals surface area contributed by atoms with Gasteiger partial charge in [0.2, 0.25) is 0 Å². The molecule has 1 aliphatic heterocycles. The van der Waals surface area contributed by atoms with Gasteiger partial charge in [-0.2, -0.15) is 0 Å². The van der Waals surface area contributed by atoms with Crippen molar-refractivity contribution in [3.63, 3.8) is 0 Å². The van der Waals surface area contributed by atoms with Crippen molar-refractivity contribution in [1.82, 2.24) is 5.32 Å². The van der Waals surface area contributed by atoms with E-state index >= 15 is 0 Å². The Labute approximate surface area is 180 Å². The SMILES string of the molecule is COc1cc(/C=C2/SC(=Nc3ccc([N+](=O)[O-])cc3Br)NC2=O)cc(Br)c1O. The molecule has 0 saturated carbocycles. The van der Waals surface area contributed by atoms with Gasteiger partial charge in [0.25, 0.3) is 11.6 Å². The fourth-order valence-corrected chi connectivity index (χ4v) is 4.02. The van der Waals surface area contributed by atoms with Crippen molar-refractivity contribution in [2.24, 2.45) is 4.99 Å².